The Bertz CT molecular complexity index is 1060. The van der Waals surface area contributed by atoms with Crippen molar-refractivity contribution in [3.05, 3.63) is 66.4 Å². The van der Waals surface area contributed by atoms with Crippen molar-refractivity contribution in [2.75, 3.05) is 5.32 Å². The molecule has 0 aliphatic heterocycles. The molecule has 7 heteroatoms. The molecule has 4 N–H and O–H groups in total. The van der Waals surface area contributed by atoms with Gasteiger partial charge in [-0.1, -0.05) is 42.5 Å². The van der Waals surface area contributed by atoms with E-state index in [2.05, 4.69) is 25.5 Å². The molecule has 0 atom stereocenters. The summed E-state index contributed by atoms with van der Waals surface area (Å²) in [4.78, 5) is 20.5. The van der Waals surface area contributed by atoms with Gasteiger partial charge in [0, 0.05) is 17.0 Å². The quantitative estimate of drug-likeness (QED) is 0.533. The molecule has 7 nitrogen and oxygen atoms in total. The van der Waals surface area contributed by atoms with Crippen molar-refractivity contribution >= 4 is 28.4 Å². The lowest BCUT2D eigenvalue weighted by Crippen LogP contribution is -2.11. The van der Waals surface area contributed by atoms with Gasteiger partial charge < -0.3 is 11.1 Å². The second-order valence-corrected chi connectivity index (χ2v) is 5.44. The van der Waals surface area contributed by atoms with Crippen molar-refractivity contribution in [2.45, 2.75) is 0 Å². The molecule has 0 fully saturated rings. The number of H-pyrrole nitrogens is 1. The maximum absolute atomic E-state index is 11.2. The van der Waals surface area contributed by atoms with E-state index in [1.807, 2.05) is 54.6 Å². The molecule has 0 aliphatic carbocycles. The fourth-order valence-electron chi connectivity index (χ4n) is 2.53. The van der Waals surface area contributed by atoms with Gasteiger partial charge in [0.1, 0.15) is 11.6 Å². The normalized spacial score (nSPS) is 10.7. The maximum atomic E-state index is 11.2. The van der Waals surface area contributed by atoms with Gasteiger partial charge >= 0.3 is 0 Å². The molecule has 0 radical (unpaired) electrons. The lowest BCUT2D eigenvalue weighted by Gasteiger charge is -2.09. The standard InChI is InChI=1S/C18H14N6O/c19-16(25)14-10-15(24-23-14)21-18-12-8-4-5-9-13(12)20-17(22-18)11-6-2-1-3-7-11/h1-10H,(H2,19,25)(H2,20,21,22,23,24). The molecule has 0 saturated heterocycles. The van der Waals surface area contributed by atoms with Gasteiger partial charge in [0.2, 0.25) is 0 Å². The summed E-state index contributed by atoms with van der Waals surface area (Å²) >= 11 is 0. The molecule has 0 unspecified atom stereocenters. The van der Waals surface area contributed by atoms with Crippen LogP contribution in [0.2, 0.25) is 0 Å². The van der Waals surface area contributed by atoms with Crippen LogP contribution in [0, 0.1) is 0 Å². The van der Waals surface area contributed by atoms with Gasteiger partial charge in [0.15, 0.2) is 11.5 Å². The van der Waals surface area contributed by atoms with Gasteiger partial charge in [-0.2, -0.15) is 5.10 Å². The van der Waals surface area contributed by atoms with Gasteiger partial charge in [-0.15, -0.1) is 0 Å². The van der Waals surface area contributed by atoms with Gasteiger partial charge in [-0.25, -0.2) is 9.97 Å². The first-order valence-corrected chi connectivity index (χ1v) is 7.65. The molecule has 2 aromatic carbocycles. The first-order chi connectivity index (χ1) is 12.2. The Hall–Kier alpha value is -3.74. The minimum absolute atomic E-state index is 0.157. The number of aromatic amines is 1. The number of anilines is 2. The zero-order chi connectivity index (χ0) is 17.2. The summed E-state index contributed by atoms with van der Waals surface area (Å²) in [6, 6.07) is 19.0. The summed E-state index contributed by atoms with van der Waals surface area (Å²) in [5.74, 6) is 1.15. The smallest absolute Gasteiger partial charge is 0.269 e. The van der Waals surface area contributed by atoms with Crippen LogP contribution in [0.5, 0.6) is 0 Å². The zero-order valence-electron chi connectivity index (χ0n) is 13.1. The van der Waals surface area contributed by atoms with Crippen LogP contribution in [-0.4, -0.2) is 26.1 Å². The Kier molecular flexibility index (Phi) is 3.59. The predicted octanol–water partition coefficient (Wildman–Crippen LogP) is 2.86. The van der Waals surface area contributed by atoms with E-state index in [9.17, 15) is 4.79 Å². The summed E-state index contributed by atoms with van der Waals surface area (Å²) in [6.45, 7) is 0. The Morgan fingerprint density at radius 3 is 2.52 bits per heavy atom. The highest BCUT2D eigenvalue weighted by atomic mass is 16.1. The molecule has 0 bridgehead atoms. The van der Waals surface area contributed by atoms with Gasteiger partial charge in [-0.3, -0.25) is 9.89 Å². The van der Waals surface area contributed by atoms with Gasteiger partial charge in [0.25, 0.3) is 5.91 Å². The highest BCUT2D eigenvalue weighted by Crippen LogP contribution is 2.26. The zero-order valence-corrected chi connectivity index (χ0v) is 13.1. The number of rotatable bonds is 4. The molecule has 0 spiro atoms. The maximum Gasteiger partial charge on any atom is 0.269 e. The number of nitrogens with zero attached hydrogens (tertiary/aromatic N) is 3. The highest BCUT2D eigenvalue weighted by molar-refractivity contribution is 5.94. The third-order valence-corrected chi connectivity index (χ3v) is 3.72. The Morgan fingerprint density at radius 2 is 1.76 bits per heavy atom. The third-order valence-electron chi connectivity index (χ3n) is 3.72. The third kappa shape index (κ3) is 2.90. The van der Waals surface area contributed by atoms with Crippen LogP contribution in [0.4, 0.5) is 11.6 Å². The summed E-state index contributed by atoms with van der Waals surface area (Å²) in [5.41, 5.74) is 7.12. The van der Waals surface area contributed by atoms with Crippen LogP contribution < -0.4 is 11.1 Å². The SMILES string of the molecule is NC(=O)c1cc(Nc2nc(-c3ccccc3)nc3ccccc23)[nH]n1. The van der Waals surface area contributed by atoms with E-state index in [-0.39, 0.29) is 5.69 Å². The summed E-state index contributed by atoms with van der Waals surface area (Å²) < 4.78 is 0. The largest absolute Gasteiger partial charge is 0.364 e. The molecule has 122 valence electrons. The monoisotopic (exact) mass is 330 g/mol. The fraction of sp³-hybridized carbons (Fsp3) is 0. The van der Waals surface area contributed by atoms with E-state index in [4.69, 9.17) is 5.73 Å². The van der Waals surface area contributed by atoms with Crippen molar-refractivity contribution < 1.29 is 4.79 Å². The number of fused-ring (bicyclic) bond motifs is 1. The molecular weight excluding hydrogens is 316 g/mol. The lowest BCUT2D eigenvalue weighted by atomic mass is 10.2. The van der Waals surface area contributed by atoms with E-state index in [0.717, 1.165) is 16.5 Å². The van der Waals surface area contributed by atoms with Crippen LogP contribution in [0.15, 0.2) is 60.7 Å². The summed E-state index contributed by atoms with van der Waals surface area (Å²) in [6.07, 6.45) is 0. The molecule has 25 heavy (non-hydrogen) atoms. The van der Waals surface area contributed by atoms with Crippen LogP contribution >= 0.6 is 0 Å². The number of amides is 1. The number of nitrogens with one attached hydrogen (secondary N) is 2. The summed E-state index contributed by atoms with van der Waals surface area (Å²) in [7, 11) is 0. The van der Waals surface area contributed by atoms with Crippen molar-refractivity contribution in [1.82, 2.24) is 20.2 Å². The minimum atomic E-state index is -0.596. The van der Waals surface area contributed by atoms with Crippen molar-refractivity contribution in [3.63, 3.8) is 0 Å². The number of hydrogen-bond acceptors (Lipinski definition) is 5. The second kappa shape index (κ2) is 6.04. The van der Waals surface area contributed by atoms with E-state index in [1.54, 1.807) is 6.07 Å². The highest BCUT2D eigenvalue weighted by Gasteiger charge is 2.11. The fourth-order valence-corrected chi connectivity index (χ4v) is 2.53. The average molecular weight is 330 g/mol. The Morgan fingerprint density at radius 1 is 1.00 bits per heavy atom. The molecule has 2 heterocycles. The number of para-hydroxylation sites is 1. The molecule has 1 amide bonds. The number of carbonyl (C=O) groups is 1. The molecule has 2 aromatic heterocycles. The average Bonchev–Trinajstić information content (AvgIpc) is 3.11. The van der Waals surface area contributed by atoms with E-state index >= 15 is 0 Å². The van der Waals surface area contributed by atoms with Crippen molar-refractivity contribution in [3.8, 4) is 11.4 Å². The molecule has 0 saturated carbocycles. The minimum Gasteiger partial charge on any atom is -0.364 e. The Balaban J connectivity index is 1.82. The lowest BCUT2D eigenvalue weighted by molar-refractivity contribution is 0.0995. The second-order valence-electron chi connectivity index (χ2n) is 5.44. The molecule has 4 aromatic rings. The van der Waals surface area contributed by atoms with Gasteiger partial charge in [-0.05, 0) is 12.1 Å². The number of carbonyl (C=O) groups excluding carboxylic acids is 1. The van der Waals surface area contributed by atoms with Crippen molar-refractivity contribution in [1.29, 1.82) is 0 Å². The number of aromatic nitrogens is 4. The Labute approximate surface area is 142 Å². The van der Waals surface area contributed by atoms with E-state index < -0.39 is 5.91 Å². The molecule has 0 aliphatic rings. The van der Waals surface area contributed by atoms with Crippen molar-refractivity contribution in [2.24, 2.45) is 5.73 Å². The number of primary amides is 1. The number of benzene rings is 2. The van der Waals surface area contributed by atoms with Crippen LogP contribution in [0.25, 0.3) is 22.3 Å². The van der Waals surface area contributed by atoms with E-state index in [1.165, 1.54) is 0 Å². The van der Waals surface area contributed by atoms with Gasteiger partial charge in [0.05, 0.1) is 5.52 Å². The predicted molar refractivity (Wildman–Crippen MR) is 95.4 cm³/mol. The first kappa shape index (κ1) is 14.8. The molecular formula is C18H14N6O. The topological polar surface area (TPSA) is 110 Å². The van der Waals surface area contributed by atoms with E-state index in [0.29, 0.717) is 17.5 Å². The number of hydrogen-bond donors (Lipinski definition) is 3. The molecule has 4 rings (SSSR count). The number of nitrogens with two attached hydrogens (primary N) is 1. The van der Waals surface area contributed by atoms with Crippen LogP contribution in [0.3, 0.4) is 0 Å². The first-order valence-electron chi connectivity index (χ1n) is 7.65. The summed E-state index contributed by atoms with van der Waals surface area (Å²) in [5, 5.41) is 10.6. The van der Waals surface area contributed by atoms with Crippen LogP contribution in [0.1, 0.15) is 10.5 Å². The van der Waals surface area contributed by atoms with Crippen LogP contribution in [-0.2, 0) is 0 Å².